The van der Waals surface area contributed by atoms with E-state index in [9.17, 15) is 13.2 Å². The Kier molecular flexibility index (Phi) is 5.67. The van der Waals surface area contributed by atoms with Gasteiger partial charge in [-0.3, -0.25) is 4.79 Å². The maximum atomic E-state index is 13.1. The number of nitrogens with one attached hydrogen (secondary N) is 1. The van der Waals surface area contributed by atoms with Gasteiger partial charge in [0.25, 0.3) is 0 Å². The van der Waals surface area contributed by atoms with Crippen LogP contribution in [0.4, 0.5) is 0 Å². The van der Waals surface area contributed by atoms with Crippen molar-refractivity contribution in [2.75, 3.05) is 13.1 Å². The smallest absolute Gasteiger partial charge is 0.243 e. The van der Waals surface area contributed by atoms with E-state index >= 15 is 0 Å². The van der Waals surface area contributed by atoms with Crippen LogP contribution in [0.2, 0.25) is 0 Å². The van der Waals surface area contributed by atoms with Gasteiger partial charge in [-0.1, -0.05) is 48.5 Å². The number of rotatable bonds is 5. The summed E-state index contributed by atoms with van der Waals surface area (Å²) in [7, 11) is -3.61. The van der Waals surface area contributed by atoms with Crippen molar-refractivity contribution < 1.29 is 13.2 Å². The summed E-state index contributed by atoms with van der Waals surface area (Å²) >= 11 is 0. The number of carbonyl (C=O) groups is 1. The molecule has 144 valence electrons. The molecule has 1 fully saturated rings. The van der Waals surface area contributed by atoms with Gasteiger partial charge in [0.1, 0.15) is 0 Å². The van der Waals surface area contributed by atoms with Gasteiger partial charge in [0, 0.05) is 19.6 Å². The van der Waals surface area contributed by atoms with Gasteiger partial charge in [-0.15, -0.1) is 0 Å². The van der Waals surface area contributed by atoms with Crippen molar-refractivity contribution in [3.05, 3.63) is 65.7 Å². The molecule has 3 rings (SSSR count). The van der Waals surface area contributed by atoms with Crippen molar-refractivity contribution in [3.8, 4) is 0 Å². The minimum Gasteiger partial charge on any atom is -0.352 e. The molecular weight excluding hydrogens is 360 g/mol. The summed E-state index contributed by atoms with van der Waals surface area (Å²) in [6, 6.07) is 16.7. The van der Waals surface area contributed by atoms with E-state index in [-0.39, 0.29) is 12.5 Å². The molecule has 1 N–H and O–H groups in total. The summed E-state index contributed by atoms with van der Waals surface area (Å²) in [6.07, 6.45) is 1.34. The van der Waals surface area contributed by atoms with Gasteiger partial charge in [-0.25, -0.2) is 8.42 Å². The normalized spacial score (nSPS) is 21.0. The van der Waals surface area contributed by atoms with E-state index in [4.69, 9.17) is 0 Å². The van der Waals surface area contributed by atoms with Crippen LogP contribution in [0.15, 0.2) is 59.5 Å². The van der Waals surface area contributed by atoms with Gasteiger partial charge < -0.3 is 5.32 Å². The third kappa shape index (κ3) is 4.22. The number of benzene rings is 2. The number of amides is 1. The van der Waals surface area contributed by atoms with Gasteiger partial charge in [-0.2, -0.15) is 4.31 Å². The number of hydrogen-bond acceptors (Lipinski definition) is 3. The minimum atomic E-state index is -3.61. The van der Waals surface area contributed by atoms with Gasteiger partial charge in [0.2, 0.25) is 15.9 Å². The van der Waals surface area contributed by atoms with E-state index < -0.39 is 15.4 Å². The van der Waals surface area contributed by atoms with E-state index in [0.29, 0.717) is 30.8 Å². The van der Waals surface area contributed by atoms with Crippen LogP contribution in [-0.2, 0) is 21.4 Å². The van der Waals surface area contributed by atoms with Gasteiger partial charge in [0.15, 0.2) is 0 Å². The summed E-state index contributed by atoms with van der Waals surface area (Å²) < 4.78 is 27.6. The molecule has 5 nitrogen and oxygen atoms in total. The summed E-state index contributed by atoms with van der Waals surface area (Å²) in [5.41, 5.74) is 1.01. The summed E-state index contributed by atoms with van der Waals surface area (Å²) in [4.78, 5) is 13.2. The van der Waals surface area contributed by atoms with E-state index in [2.05, 4.69) is 5.32 Å². The standard InChI is InChI=1S/C21H26N2O3S/c1-17-9-6-7-12-19(17)27(25,26)23-14-8-13-21(2,16-23)20(24)22-15-18-10-4-3-5-11-18/h3-7,9-12H,8,13-16H2,1-2H3,(H,22,24)/t21-/m1/s1. The average Bonchev–Trinajstić information content (AvgIpc) is 2.67. The minimum absolute atomic E-state index is 0.101. The first kappa shape index (κ1) is 19.6. The Morgan fingerprint density at radius 2 is 1.78 bits per heavy atom. The van der Waals surface area contributed by atoms with Crippen LogP contribution >= 0.6 is 0 Å². The second kappa shape index (κ2) is 7.82. The van der Waals surface area contributed by atoms with Gasteiger partial charge in [-0.05, 0) is 43.9 Å². The predicted octanol–water partition coefficient (Wildman–Crippen LogP) is 3.10. The highest BCUT2D eigenvalue weighted by atomic mass is 32.2. The number of piperidine rings is 1. The molecule has 1 atom stereocenters. The first-order valence-electron chi connectivity index (χ1n) is 9.21. The molecule has 1 heterocycles. The second-order valence-corrected chi connectivity index (χ2v) is 9.34. The molecule has 1 saturated heterocycles. The quantitative estimate of drug-likeness (QED) is 0.859. The van der Waals surface area contributed by atoms with Gasteiger partial charge in [0.05, 0.1) is 10.3 Å². The molecule has 0 aliphatic carbocycles. The molecule has 1 aliphatic heterocycles. The Bertz CT molecular complexity index is 912. The lowest BCUT2D eigenvalue weighted by Crippen LogP contribution is -2.51. The van der Waals surface area contributed by atoms with E-state index in [1.165, 1.54) is 4.31 Å². The highest BCUT2D eigenvalue weighted by Gasteiger charge is 2.42. The highest BCUT2D eigenvalue weighted by Crippen LogP contribution is 2.33. The Morgan fingerprint density at radius 3 is 2.48 bits per heavy atom. The SMILES string of the molecule is Cc1ccccc1S(=O)(=O)N1CCC[C@@](C)(C(=O)NCc2ccccc2)C1. The number of nitrogens with zero attached hydrogens (tertiary/aromatic N) is 1. The first-order valence-corrected chi connectivity index (χ1v) is 10.6. The van der Waals surface area contributed by atoms with Crippen molar-refractivity contribution in [1.82, 2.24) is 9.62 Å². The Morgan fingerprint density at radius 1 is 1.11 bits per heavy atom. The van der Waals surface area contributed by atoms with Crippen molar-refractivity contribution in [3.63, 3.8) is 0 Å². The Hall–Kier alpha value is -2.18. The van der Waals surface area contributed by atoms with Crippen LogP contribution in [0, 0.1) is 12.3 Å². The van der Waals surface area contributed by atoms with Crippen LogP contribution in [0.25, 0.3) is 0 Å². The van der Waals surface area contributed by atoms with Crippen LogP contribution < -0.4 is 5.32 Å². The largest absolute Gasteiger partial charge is 0.352 e. The lowest BCUT2D eigenvalue weighted by atomic mass is 9.82. The average molecular weight is 387 g/mol. The fraction of sp³-hybridized carbons (Fsp3) is 0.381. The molecule has 6 heteroatoms. The zero-order valence-corrected chi connectivity index (χ0v) is 16.6. The van der Waals surface area contributed by atoms with E-state index in [1.54, 1.807) is 25.1 Å². The molecule has 0 unspecified atom stereocenters. The molecule has 0 bridgehead atoms. The zero-order valence-electron chi connectivity index (χ0n) is 15.8. The van der Waals surface area contributed by atoms with Crippen LogP contribution in [0.5, 0.6) is 0 Å². The molecule has 2 aromatic rings. The van der Waals surface area contributed by atoms with E-state index in [0.717, 1.165) is 11.1 Å². The first-order chi connectivity index (χ1) is 12.8. The summed E-state index contributed by atoms with van der Waals surface area (Å²) in [5, 5.41) is 2.97. The topological polar surface area (TPSA) is 66.5 Å². The molecular formula is C21H26N2O3S. The maximum Gasteiger partial charge on any atom is 0.243 e. The summed E-state index contributed by atoms with van der Waals surface area (Å²) in [6.45, 7) is 4.73. The fourth-order valence-electron chi connectivity index (χ4n) is 3.56. The molecule has 27 heavy (non-hydrogen) atoms. The van der Waals surface area contributed by atoms with Crippen LogP contribution in [-0.4, -0.2) is 31.7 Å². The van der Waals surface area contributed by atoms with Crippen LogP contribution in [0.3, 0.4) is 0 Å². The lowest BCUT2D eigenvalue weighted by molar-refractivity contribution is -0.132. The lowest BCUT2D eigenvalue weighted by Gasteiger charge is -2.38. The van der Waals surface area contributed by atoms with Gasteiger partial charge >= 0.3 is 0 Å². The molecule has 0 saturated carbocycles. The maximum absolute atomic E-state index is 13.1. The number of sulfonamides is 1. The predicted molar refractivity (Wildman–Crippen MR) is 106 cm³/mol. The van der Waals surface area contributed by atoms with Crippen molar-refractivity contribution >= 4 is 15.9 Å². The van der Waals surface area contributed by atoms with Crippen molar-refractivity contribution in [2.45, 2.75) is 38.1 Å². The molecule has 0 aromatic heterocycles. The third-order valence-corrected chi connectivity index (χ3v) is 7.22. The molecule has 0 spiro atoms. The number of carbonyl (C=O) groups excluding carboxylic acids is 1. The van der Waals surface area contributed by atoms with Crippen LogP contribution in [0.1, 0.15) is 30.9 Å². The van der Waals surface area contributed by atoms with Crippen molar-refractivity contribution in [1.29, 1.82) is 0 Å². The number of aryl methyl sites for hydroxylation is 1. The Balaban J connectivity index is 1.74. The third-order valence-electron chi connectivity index (χ3n) is 5.22. The van der Waals surface area contributed by atoms with Crippen molar-refractivity contribution in [2.24, 2.45) is 5.41 Å². The number of hydrogen-bond donors (Lipinski definition) is 1. The highest BCUT2D eigenvalue weighted by molar-refractivity contribution is 7.89. The Labute approximate surface area is 161 Å². The molecule has 0 radical (unpaired) electrons. The zero-order chi connectivity index (χ0) is 19.5. The summed E-state index contributed by atoms with van der Waals surface area (Å²) in [5.74, 6) is -0.101. The monoisotopic (exact) mass is 386 g/mol. The molecule has 1 aliphatic rings. The molecule has 2 aromatic carbocycles. The van der Waals surface area contributed by atoms with E-state index in [1.807, 2.05) is 43.3 Å². The molecule has 1 amide bonds. The fourth-order valence-corrected chi connectivity index (χ4v) is 5.39. The second-order valence-electron chi connectivity index (χ2n) is 7.44.